The minimum atomic E-state index is -0.485. The molecule has 1 aromatic carbocycles. The van der Waals surface area contributed by atoms with Gasteiger partial charge in [-0.1, -0.05) is 12.1 Å². The van der Waals surface area contributed by atoms with Crippen molar-refractivity contribution in [2.24, 2.45) is 0 Å². The number of methoxy groups -OCH3 is 1. The van der Waals surface area contributed by atoms with Crippen LogP contribution >= 0.6 is 0 Å². The third-order valence-electron chi connectivity index (χ3n) is 3.35. The molecule has 0 fully saturated rings. The second-order valence-corrected chi connectivity index (χ2v) is 4.79. The quantitative estimate of drug-likeness (QED) is 0.680. The molecule has 0 aliphatic carbocycles. The zero-order chi connectivity index (χ0) is 15.6. The van der Waals surface area contributed by atoms with Crippen molar-refractivity contribution in [2.75, 3.05) is 26.4 Å². The highest BCUT2D eigenvalue weighted by molar-refractivity contribution is 6.08. The molecule has 0 saturated heterocycles. The number of fused-ring (bicyclic) bond motifs is 1. The minimum absolute atomic E-state index is 0.130. The lowest BCUT2D eigenvalue weighted by molar-refractivity contribution is -0.141. The number of hydrogen-bond donors (Lipinski definition) is 1. The Morgan fingerprint density at radius 1 is 1.29 bits per heavy atom. The average molecular weight is 287 g/mol. The van der Waals surface area contributed by atoms with Crippen molar-refractivity contribution in [2.45, 2.75) is 6.92 Å². The van der Waals surface area contributed by atoms with Crippen LogP contribution < -0.4 is 5.73 Å². The highest BCUT2D eigenvalue weighted by Crippen LogP contribution is 2.26. The van der Waals surface area contributed by atoms with Gasteiger partial charge in [-0.15, -0.1) is 0 Å². The summed E-state index contributed by atoms with van der Waals surface area (Å²) in [6.45, 7) is 1.77. The van der Waals surface area contributed by atoms with E-state index in [-0.39, 0.29) is 18.1 Å². The molecule has 110 valence electrons. The average Bonchev–Trinajstić information content (AvgIpc) is 2.49. The van der Waals surface area contributed by atoms with E-state index in [1.807, 2.05) is 19.1 Å². The molecule has 2 N–H and O–H groups in total. The molecule has 0 spiro atoms. The van der Waals surface area contributed by atoms with Crippen molar-refractivity contribution in [3.8, 4) is 0 Å². The highest BCUT2D eigenvalue weighted by Gasteiger charge is 2.19. The molecular weight excluding hydrogens is 270 g/mol. The summed E-state index contributed by atoms with van der Waals surface area (Å²) in [5.74, 6) is -0.837. The Morgan fingerprint density at radius 2 is 2.00 bits per heavy atom. The molecule has 0 unspecified atom stereocenters. The first-order valence-electron chi connectivity index (χ1n) is 6.41. The molecule has 1 amide bonds. The molecular formula is C15H17N3O3. The zero-order valence-corrected chi connectivity index (χ0v) is 12.2. The van der Waals surface area contributed by atoms with Gasteiger partial charge < -0.3 is 15.4 Å². The van der Waals surface area contributed by atoms with Gasteiger partial charge >= 0.3 is 5.97 Å². The van der Waals surface area contributed by atoms with Crippen LogP contribution in [0.3, 0.4) is 0 Å². The molecule has 0 atom stereocenters. The first-order chi connectivity index (χ1) is 9.95. The molecule has 1 aromatic heterocycles. The van der Waals surface area contributed by atoms with Gasteiger partial charge in [0, 0.05) is 29.7 Å². The number of likely N-dealkylation sites (N-methyl/N-ethyl adjacent to an activating group) is 1. The Morgan fingerprint density at radius 3 is 2.67 bits per heavy atom. The van der Waals surface area contributed by atoms with E-state index in [4.69, 9.17) is 5.73 Å². The number of hydrogen-bond acceptors (Lipinski definition) is 5. The minimum Gasteiger partial charge on any atom is -0.468 e. The second kappa shape index (κ2) is 5.78. The maximum absolute atomic E-state index is 12.4. The zero-order valence-electron chi connectivity index (χ0n) is 12.2. The van der Waals surface area contributed by atoms with Crippen LogP contribution in [0.1, 0.15) is 16.1 Å². The van der Waals surface area contributed by atoms with E-state index in [2.05, 4.69) is 9.72 Å². The fourth-order valence-electron chi connectivity index (χ4n) is 2.07. The second-order valence-electron chi connectivity index (χ2n) is 4.79. The molecule has 0 bridgehead atoms. The van der Waals surface area contributed by atoms with Crippen LogP contribution in [0.25, 0.3) is 10.8 Å². The number of nitrogen functional groups attached to an aromatic ring is 1. The Hall–Kier alpha value is -2.63. The van der Waals surface area contributed by atoms with Crippen molar-refractivity contribution in [3.05, 3.63) is 35.7 Å². The van der Waals surface area contributed by atoms with Crippen molar-refractivity contribution in [3.63, 3.8) is 0 Å². The summed E-state index contributed by atoms with van der Waals surface area (Å²) >= 11 is 0. The van der Waals surface area contributed by atoms with Crippen molar-refractivity contribution in [1.29, 1.82) is 0 Å². The molecule has 6 heteroatoms. The lowest BCUT2D eigenvalue weighted by Gasteiger charge is -2.16. The number of carbonyl (C=O) groups excluding carboxylic acids is 2. The molecule has 21 heavy (non-hydrogen) atoms. The van der Waals surface area contributed by atoms with Crippen molar-refractivity contribution < 1.29 is 14.3 Å². The monoisotopic (exact) mass is 287 g/mol. The summed E-state index contributed by atoms with van der Waals surface area (Å²) in [4.78, 5) is 29.1. The van der Waals surface area contributed by atoms with Crippen molar-refractivity contribution in [1.82, 2.24) is 9.88 Å². The van der Waals surface area contributed by atoms with Crippen LogP contribution in [-0.4, -0.2) is 42.5 Å². The van der Waals surface area contributed by atoms with Gasteiger partial charge in [0.25, 0.3) is 5.91 Å². The molecule has 2 rings (SSSR count). The number of esters is 1. The highest BCUT2D eigenvalue weighted by atomic mass is 16.5. The van der Waals surface area contributed by atoms with Crippen LogP contribution in [0.4, 0.5) is 5.69 Å². The van der Waals surface area contributed by atoms with Crippen LogP contribution in [-0.2, 0) is 9.53 Å². The van der Waals surface area contributed by atoms with E-state index < -0.39 is 5.97 Å². The molecule has 1 heterocycles. The summed E-state index contributed by atoms with van der Waals surface area (Å²) in [5, 5.41) is 1.45. The van der Waals surface area contributed by atoms with E-state index in [1.54, 1.807) is 6.07 Å². The normalized spacial score (nSPS) is 10.4. The summed E-state index contributed by atoms with van der Waals surface area (Å²) in [6, 6.07) is 5.43. The third-order valence-corrected chi connectivity index (χ3v) is 3.35. The fourth-order valence-corrected chi connectivity index (χ4v) is 2.07. The Kier molecular flexibility index (Phi) is 4.07. The first-order valence-corrected chi connectivity index (χ1v) is 6.41. The number of amides is 1. The number of pyridine rings is 1. The van der Waals surface area contributed by atoms with E-state index in [9.17, 15) is 9.59 Å². The van der Waals surface area contributed by atoms with Crippen LogP contribution in [0, 0.1) is 6.92 Å². The van der Waals surface area contributed by atoms with E-state index in [0.29, 0.717) is 11.1 Å². The lowest BCUT2D eigenvalue weighted by atomic mass is 10.0. The predicted molar refractivity (Wildman–Crippen MR) is 79.9 cm³/mol. The molecule has 0 radical (unpaired) electrons. The largest absolute Gasteiger partial charge is 0.468 e. The van der Waals surface area contributed by atoms with Crippen LogP contribution in [0.15, 0.2) is 24.4 Å². The lowest BCUT2D eigenvalue weighted by Crippen LogP contribution is -2.33. The maximum Gasteiger partial charge on any atom is 0.325 e. The number of nitrogens with two attached hydrogens (primary N) is 1. The van der Waals surface area contributed by atoms with Gasteiger partial charge in [0.1, 0.15) is 12.2 Å². The SMILES string of the molecule is COC(=O)CN(C)C(=O)c1nccc2c(N)c(C)ccc12. The Balaban J connectivity index is 2.45. The summed E-state index contributed by atoms with van der Waals surface area (Å²) < 4.78 is 4.56. The fraction of sp³-hybridized carbons (Fsp3) is 0.267. The molecule has 0 aliphatic heterocycles. The number of rotatable bonds is 3. The van der Waals surface area contributed by atoms with Crippen molar-refractivity contribution >= 4 is 28.3 Å². The molecule has 6 nitrogen and oxygen atoms in total. The molecule has 0 saturated carbocycles. The molecule has 2 aromatic rings. The van der Waals surface area contributed by atoms with Gasteiger partial charge in [0.05, 0.1) is 7.11 Å². The van der Waals surface area contributed by atoms with Gasteiger partial charge in [-0.25, -0.2) is 0 Å². The topological polar surface area (TPSA) is 85.5 Å². The first kappa shape index (κ1) is 14.8. The number of anilines is 1. The molecule has 0 aliphatic rings. The van der Waals surface area contributed by atoms with Gasteiger partial charge in [-0.05, 0) is 18.6 Å². The van der Waals surface area contributed by atoms with Gasteiger partial charge in [0.2, 0.25) is 0 Å². The van der Waals surface area contributed by atoms with E-state index in [1.165, 1.54) is 25.3 Å². The number of aromatic nitrogens is 1. The number of carbonyl (C=O) groups is 2. The predicted octanol–water partition coefficient (Wildman–Crippen LogP) is 1.37. The van der Waals surface area contributed by atoms with Gasteiger partial charge in [-0.3, -0.25) is 14.6 Å². The number of benzene rings is 1. The summed E-state index contributed by atoms with van der Waals surface area (Å²) in [7, 11) is 2.80. The maximum atomic E-state index is 12.4. The summed E-state index contributed by atoms with van der Waals surface area (Å²) in [6.07, 6.45) is 1.54. The van der Waals surface area contributed by atoms with Crippen LogP contribution in [0.2, 0.25) is 0 Å². The number of aryl methyl sites for hydroxylation is 1. The van der Waals surface area contributed by atoms with Gasteiger partial charge in [-0.2, -0.15) is 0 Å². The van der Waals surface area contributed by atoms with E-state index in [0.717, 1.165) is 10.9 Å². The van der Waals surface area contributed by atoms with Gasteiger partial charge in [0.15, 0.2) is 0 Å². The number of nitrogens with zero attached hydrogens (tertiary/aromatic N) is 2. The summed E-state index contributed by atoms with van der Waals surface area (Å²) in [5.41, 5.74) is 7.87. The Bertz CT molecular complexity index is 713. The number of ether oxygens (including phenoxy) is 1. The van der Waals surface area contributed by atoms with Crippen LogP contribution in [0.5, 0.6) is 0 Å². The standard InChI is InChI=1S/C15H17N3O3/c1-9-4-5-11-10(13(9)16)6-7-17-14(11)15(20)18(2)8-12(19)21-3/h4-7H,8,16H2,1-3H3. The Labute approximate surface area is 122 Å². The third kappa shape index (κ3) is 2.79. The smallest absolute Gasteiger partial charge is 0.325 e. The van der Waals surface area contributed by atoms with E-state index >= 15 is 0 Å².